The van der Waals surface area contributed by atoms with Crippen molar-refractivity contribution >= 4 is 11.6 Å². The molecule has 0 amide bonds. The van der Waals surface area contributed by atoms with E-state index >= 15 is 0 Å². The van der Waals surface area contributed by atoms with E-state index in [1.54, 1.807) is 24.3 Å². The molecule has 0 aliphatic heterocycles. The maximum absolute atomic E-state index is 10.2. The molecule has 0 fully saturated rings. The molecule has 22 heavy (non-hydrogen) atoms. The predicted molar refractivity (Wildman–Crippen MR) is 90.3 cm³/mol. The fraction of sp³-hybridized carbons (Fsp3) is 0.333. The Labute approximate surface area is 136 Å². The molecule has 2 rings (SSSR count). The molecule has 0 aliphatic carbocycles. The average molecular weight is 320 g/mol. The Morgan fingerprint density at radius 3 is 2.50 bits per heavy atom. The van der Waals surface area contributed by atoms with E-state index in [1.165, 1.54) is 0 Å². The Morgan fingerprint density at radius 2 is 1.86 bits per heavy atom. The van der Waals surface area contributed by atoms with Gasteiger partial charge in [0.25, 0.3) is 0 Å². The lowest BCUT2D eigenvalue weighted by Crippen LogP contribution is -2.34. The molecule has 2 aromatic rings. The second-order valence-corrected chi connectivity index (χ2v) is 5.89. The molecule has 0 heterocycles. The van der Waals surface area contributed by atoms with Crippen LogP contribution in [0.4, 0.5) is 0 Å². The van der Waals surface area contributed by atoms with Crippen molar-refractivity contribution in [1.82, 2.24) is 5.32 Å². The summed E-state index contributed by atoms with van der Waals surface area (Å²) in [5, 5.41) is 23.6. The van der Waals surface area contributed by atoms with Crippen molar-refractivity contribution in [2.24, 2.45) is 0 Å². The van der Waals surface area contributed by atoms with E-state index in [4.69, 9.17) is 11.6 Å². The van der Waals surface area contributed by atoms with E-state index < -0.39 is 6.10 Å². The average Bonchev–Trinajstić information content (AvgIpc) is 2.53. The largest absolute Gasteiger partial charge is 0.508 e. The third kappa shape index (κ3) is 5.02. The van der Waals surface area contributed by atoms with Gasteiger partial charge in [-0.05, 0) is 48.2 Å². The predicted octanol–water partition coefficient (Wildman–Crippen LogP) is 3.69. The van der Waals surface area contributed by atoms with Gasteiger partial charge in [0.1, 0.15) is 5.75 Å². The third-order valence-corrected chi connectivity index (χ3v) is 3.98. The van der Waals surface area contributed by atoms with Gasteiger partial charge in [-0.3, -0.25) is 0 Å². The minimum Gasteiger partial charge on any atom is -0.508 e. The van der Waals surface area contributed by atoms with Crippen LogP contribution in [0, 0.1) is 0 Å². The first-order valence-electron chi connectivity index (χ1n) is 7.53. The summed E-state index contributed by atoms with van der Waals surface area (Å²) in [5.74, 6) is 0.279. The summed E-state index contributed by atoms with van der Waals surface area (Å²) in [7, 11) is 0. The number of aliphatic hydroxyl groups excluding tert-OH is 1. The van der Waals surface area contributed by atoms with Crippen LogP contribution in [0.2, 0.25) is 5.02 Å². The van der Waals surface area contributed by atoms with Crippen LogP contribution in [0.3, 0.4) is 0 Å². The van der Waals surface area contributed by atoms with Gasteiger partial charge in [-0.2, -0.15) is 0 Å². The smallest absolute Gasteiger partial charge is 0.115 e. The molecule has 0 radical (unpaired) electrons. The Morgan fingerprint density at radius 1 is 1.14 bits per heavy atom. The Kier molecular flexibility index (Phi) is 6.25. The molecule has 0 saturated carbocycles. The van der Waals surface area contributed by atoms with Crippen molar-refractivity contribution in [1.29, 1.82) is 0 Å². The van der Waals surface area contributed by atoms with Gasteiger partial charge >= 0.3 is 0 Å². The summed E-state index contributed by atoms with van der Waals surface area (Å²) in [5.41, 5.74) is 1.98. The molecule has 0 aliphatic rings. The van der Waals surface area contributed by atoms with Gasteiger partial charge in [-0.15, -0.1) is 0 Å². The molecule has 3 N–H and O–H groups in total. The highest BCUT2D eigenvalue weighted by molar-refractivity contribution is 6.30. The Hall–Kier alpha value is -1.55. The topological polar surface area (TPSA) is 52.5 Å². The zero-order valence-electron chi connectivity index (χ0n) is 12.7. The molecule has 3 nitrogen and oxygen atoms in total. The number of hydrogen-bond acceptors (Lipinski definition) is 3. The monoisotopic (exact) mass is 319 g/mol. The summed E-state index contributed by atoms with van der Waals surface area (Å²) < 4.78 is 0. The second-order valence-electron chi connectivity index (χ2n) is 5.45. The van der Waals surface area contributed by atoms with Crippen LogP contribution in [0.5, 0.6) is 5.75 Å². The normalized spacial score (nSPS) is 13.8. The van der Waals surface area contributed by atoms with E-state index in [2.05, 4.69) is 12.2 Å². The number of nitrogens with one attached hydrogen (secondary N) is 1. The number of benzene rings is 2. The summed E-state index contributed by atoms with van der Waals surface area (Å²) in [6, 6.07) is 14.8. The van der Waals surface area contributed by atoms with Crippen molar-refractivity contribution < 1.29 is 10.2 Å². The molecule has 0 unspecified atom stereocenters. The molecule has 2 atom stereocenters. The number of rotatable bonds is 7. The first-order chi connectivity index (χ1) is 10.6. The fourth-order valence-corrected chi connectivity index (χ4v) is 2.59. The maximum atomic E-state index is 10.2. The van der Waals surface area contributed by atoms with Gasteiger partial charge in [0.2, 0.25) is 0 Å². The van der Waals surface area contributed by atoms with E-state index in [-0.39, 0.29) is 11.8 Å². The number of hydrogen-bond donors (Lipinski definition) is 3. The van der Waals surface area contributed by atoms with Gasteiger partial charge < -0.3 is 15.5 Å². The number of aliphatic hydroxyl groups is 1. The lowest BCUT2D eigenvalue weighted by atomic mass is 10.0. The number of phenolic OH excluding ortho intramolecular Hbond substituents is 1. The molecule has 0 spiro atoms. The Bertz CT molecular complexity index is 586. The lowest BCUT2D eigenvalue weighted by molar-refractivity contribution is 0.169. The summed E-state index contributed by atoms with van der Waals surface area (Å²) in [6.07, 6.45) is 1.25. The van der Waals surface area contributed by atoms with E-state index in [9.17, 15) is 10.2 Å². The van der Waals surface area contributed by atoms with Crippen molar-refractivity contribution in [3.63, 3.8) is 0 Å². The maximum Gasteiger partial charge on any atom is 0.115 e. The zero-order chi connectivity index (χ0) is 15.9. The van der Waals surface area contributed by atoms with E-state index in [0.717, 1.165) is 24.0 Å². The minimum absolute atomic E-state index is 0.276. The molecule has 0 bridgehead atoms. The Balaban J connectivity index is 1.89. The molecule has 4 heteroatoms. The van der Waals surface area contributed by atoms with Gasteiger partial charge in [0, 0.05) is 17.6 Å². The standard InChI is InChI=1S/C18H22ClNO2/c1-2-16(10-13-6-8-17(21)9-7-13)20-12-18(22)14-4-3-5-15(19)11-14/h3-9,11,16,18,20-22H,2,10,12H2,1H3/t16-,18+/m1/s1. The molecule has 118 valence electrons. The van der Waals surface area contributed by atoms with Crippen molar-refractivity contribution in [2.75, 3.05) is 6.54 Å². The highest BCUT2D eigenvalue weighted by Gasteiger charge is 2.12. The summed E-state index contributed by atoms with van der Waals surface area (Å²) in [6.45, 7) is 2.60. The highest BCUT2D eigenvalue weighted by Crippen LogP contribution is 2.18. The van der Waals surface area contributed by atoms with E-state index in [1.807, 2.05) is 24.3 Å². The van der Waals surface area contributed by atoms with Crippen molar-refractivity contribution in [2.45, 2.75) is 31.9 Å². The molecule has 0 aromatic heterocycles. The molecular formula is C18H22ClNO2. The number of phenols is 1. The summed E-state index contributed by atoms with van der Waals surface area (Å²) in [4.78, 5) is 0. The molecule has 0 saturated heterocycles. The van der Waals surface area contributed by atoms with Gasteiger partial charge in [0.05, 0.1) is 6.10 Å². The number of halogens is 1. The van der Waals surface area contributed by atoms with Crippen LogP contribution in [0.15, 0.2) is 48.5 Å². The van der Waals surface area contributed by atoms with Crippen LogP contribution in [-0.4, -0.2) is 22.8 Å². The second kappa shape index (κ2) is 8.18. The van der Waals surface area contributed by atoms with Gasteiger partial charge in [-0.25, -0.2) is 0 Å². The lowest BCUT2D eigenvalue weighted by Gasteiger charge is -2.20. The van der Waals surface area contributed by atoms with Gasteiger partial charge in [0.15, 0.2) is 0 Å². The minimum atomic E-state index is -0.576. The highest BCUT2D eigenvalue weighted by atomic mass is 35.5. The van der Waals surface area contributed by atoms with Crippen LogP contribution < -0.4 is 5.32 Å². The van der Waals surface area contributed by atoms with Crippen molar-refractivity contribution in [3.8, 4) is 5.75 Å². The van der Waals surface area contributed by atoms with Crippen LogP contribution in [-0.2, 0) is 6.42 Å². The summed E-state index contributed by atoms with van der Waals surface area (Å²) >= 11 is 5.95. The fourth-order valence-electron chi connectivity index (χ4n) is 2.39. The van der Waals surface area contributed by atoms with Gasteiger partial charge in [-0.1, -0.05) is 42.8 Å². The van der Waals surface area contributed by atoms with E-state index in [0.29, 0.717) is 11.6 Å². The molecule has 2 aromatic carbocycles. The van der Waals surface area contributed by atoms with Crippen LogP contribution >= 0.6 is 11.6 Å². The first kappa shape index (κ1) is 16.8. The SMILES string of the molecule is CC[C@H](Cc1ccc(O)cc1)NC[C@H](O)c1cccc(Cl)c1. The first-order valence-corrected chi connectivity index (χ1v) is 7.91. The third-order valence-electron chi connectivity index (χ3n) is 3.74. The van der Waals surface area contributed by atoms with Crippen LogP contribution in [0.25, 0.3) is 0 Å². The number of aromatic hydroxyl groups is 1. The molecular weight excluding hydrogens is 298 g/mol. The zero-order valence-corrected chi connectivity index (χ0v) is 13.4. The van der Waals surface area contributed by atoms with Crippen LogP contribution in [0.1, 0.15) is 30.6 Å². The van der Waals surface area contributed by atoms with Crippen molar-refractivity contribution in [3.05, 3.63) is 64.7 Å². The quantitative estimate of drug-likeness (QED) is 0.729.